The molecule has 2 rings (SSSR count). The fraction of sp³-hybridized carbons (Fsp3) is 0.423. The zero-order valence-electron chi connectivity index (χ0n) is 21.5. The number of nitrogens with zero attached hydrogens (tertiary/aromatic N) is 2. The Labute approximate surface area is 208 Å². The van der Waals surface area contributed by atoms with Crippen molar-refractivity contribution in [1.29, 1.82) is 0 Å². The predicted octanol–water partition coefficient (Wildman–Crippen LogP) is 3.30. The Bertz CT molecular complexity index is 1200. The molecule has 0 fully saturated rings. The zero-order valence-corrected chi connectivity index (χ0v) is 22.3. The molecule has 190 valence electrons. The third-order valence-electron chi connectivity index (χ3n) is 5.49. The second-order valence-electron chi connectivity index (χ2n) is 9.74. The largest absolute Gasteiger partial charge is 0.350 e. The Morgan fingerprint density at radius 1 is 1.03 bits per heavy atom. The molecule has 2 amide bonds. The highest BCUT2D eigenvalue weighted by molar-refractivity contribution is 7.92. The first-order chi connectivity index (χ1) is 16.1. The monoisotopic (exact) mass is 501 g/mol. The van der Waals surface area contributed by atoms with Crippen LogP contribution in [-0.2, 0) is 26.2 Å². The van der Waals surface area contributed by atoms with Gasteiger partial charge in [0.1, 0.15) is 12.6 Å². The SMILES string of the molecule is CC(=O)c1cccc(N(CC(=O)N(Cc2ccccc2C)C(C)C(=O)NC(C)(C)C)S(C)(=O)=O)c1. The van der Waals surface area contributed by atoms with Crippen molar-refractivity contribution in [2.75, 3.05) is 17.1 Å². The summed E-state index contributed by atoms with van der Waals surface area (Å²) in [6.07, 6.45) is 1.00. The van der Waals surface area contributed by atoms with E-state index in [1.165, 1.54) is 24.0 Å². The average Bonchev–Trinajstić information content (AvgIpc) is 2.74. The quantitative estimate of drug-likeness (QED) is 0.531. The lowest BCUT2D eigenvalue weighted by Crippen LogP contribution is -2.54. The van der Waals surface area contributed by atoms with E-state index < -0.39 is 34.1 Å². The summed E-state index contributed by atoms with van der Waals surface area (Å²) in [7, 11) is -3.87. The van der Waals surface area contributed by atoms with Crippen molar-refractivity contribution < 1.29 is 22.8 Å². The van der Waals surface area contributed by atoms with Gasteiger partial charge in [-0.05, 0) is 64.8 Å². The molecule has 0 aliphatic rings. The van der Waals surface area contributed by atoms with Gasteiger partial charge in [0, 0.05) is 17.6 Å². The summed E-state index contributed by atoms with van der Waals surface area (Å²) in [5.74, 6) is -1.10. The maximum Gasteiger partial charge on any atom is 0.244 e. The van der Waals surface area contributed by atoms with Gasteiger partial charge in [-0.15, -0.1) is 0 Å². The molecule has 2 aromatic carbocycles. The first-order valence-corrected chi connectivity index (χ1v) is 13.2. The van der Waals surface area contributed by atoms with Crippen LogP contribution in [0, 0.1) is 6.92 Å². The molecule has 0 spiro atoms. The van der Waals surface area contributed by atoms with Gasteiger partial charge in [-0.2, -0.15) is 0 Å². The third-order valence-corrected chi connectivity index (χ3v) is 6.63. The van der Waals surface area contributed by atoms with Crippen LogP contribution in [0.1, 0.15) is 56.1 Å². The minimum atomic E-state index is -3.87. The van der Waals surface area contributed by atoms with E-state index in [1.54, 1.807) is 19.1 Å². The van der Waals surface area contributed by atoms with E-state index in [-0.39, 0.29) is 23.9 Å². The van der Waals surface area contributed by atoms with E-state index >= 15 is 0 Å². The molecule has 9 heteroatoms. The Morgan fingerprint density at radius 3 is 2.20 bits per heavy atom. The Hall–Kier alpha value is -3.20. The van der Waals surface area contributed by atoms with Crippen LogP contribution >= 0.6 is 0 Å². The van der Waals surface area contributed by atoms with Crippen molar-refractivity contribution in [2.45, 2.75) is 59.7 Å². The standard InChI is InChI=1S/C26H35N3O5S/c1-18-11-8-9-12-22(18)16-28(19(2)25(32)27-26(4,5)6)24(31)17-29(35(7,33)34)23-14-10-13-21(15-23)20(3)30/h8-15,19H,16-17H2,1-7H3,(H,27,32). The van der Waals surface area contributed by atoms with E-state index in [0.717, 1.165) is 21.7 Å². The van der Waals surface area contributed by atoms with Gasteiger partial charge in [0.2, 0.25) is 21.8 Å². The van der Waals surface area contributed by atoms with Gasteiger partial charge in [0.25, 0.3) is 0 Å². The molecule has 1 unspecified atom stereocenters. The molecular formula is C26H35N3O5S. The number of anilines is 1. The number of sulfonamides is 1. The van der Waals surface area contributed by atoms with Crippen LogP contribution in [0.2, 0.25) is 0 Å². The summed E-state index contributed by atoms with van der Waals surface area (Å²) >= 11 is 0. The summed E-state index contributed by atoms with van der Waals surface area (Å²) < 4.78 is 26.3. The number of benzene rings is 2. The number of amides is 2. The smallest absolute Gasteiger partial charge is 0.244 e. The first kappa shape index (κ1) is 28.0. The van der Waals surface area contributed by atoms with Crippen molar-refractivity contribution >= 4 is 33.3 Å². The van der Waals surface area contributed by atoms with Crippen LogP contribution in [-0.4, -0.2) is 55.3 Å². The number of rotatable bonds is 9. The van der Waals surface area contributed by atoms with Crippen molar-refractivity contribution in [3.05, 3.63) is 65.2 Å². The first-order valence-electron chi connectivity index (χ1n) is 11.3. The van der Waals surface area contributed by atoms with E-state index in [0.29, 0.717) is 5.56 Å². The molecule has 1 atom stereocenters. The highest BCUT2D eigenvalue weighted by atomic mass is 32.2. The van der Waals surface area contributed by atoms with Crippen LogP contribution in [0.3, 0.4) is 0 Å². The minimum absolute atomic E-state index is 0.134. The number of hydrogen-bond acceptors (Lipinski definition) is 5. The van der Waals surface area contributed by atoms with Gasteiger partial charge >= 0.3 is 0 Å². The van der Waals surface area contributed by atoms with Crippen molar-refractivity contribution in [3.63, 3.8) is 0 Å². The highest BCUT2D eigenvalue weighted by Crippen LogP contribution is 2.21. The molecule has 0 heterocycles. The van der Waals surface area contributed by atoms with Gasteiger partial charge < -0.3 is 10.2 Å². The molecule has 0 aromatic heterocycles. The van der Waals surface area contributed by atoms with Crippen molar-refractivity contribution in [3.8, 4) is 0 Å². The van der Waals surface area contributed by atoms with Gasteiger partial charge in [0.05, 0.1) is 11.9 Å². The molecule has 0 saturated heterocycles. The Morgan fingerprint density at radius 2 is 1.66 bits per heavy atom. The predicted molar refractivity (Wildman–Crippen MR) is 138 cm³/mol. The molecule has 1 N–H and O–H groups in total. The van der Waals surface area contributed by atoms with Crippen LogP contribution in [0.25, 0.3) is 0 Å². The number of ketones is 1. The van der Waals surface area contributed by atoms with Gasteiger partial charge in [-0.25, -0.2) is 8.42 Å². The number of hydrogen-bond donors (Lipinski definition) is 1. The third kappa shape index (κ3) is 7.92. The maximum absolute atomic E-state index is 13.6. The molecular weight excluding hydrogens is 466 g/mol. The molecule has 0 aliphatic heterocycles. The molecule has 8 nitrogen and oxygen atoms in total. The van der Waals surface area contributed by atoms with Crippen LogP contribution in [0.4, 0.5) is 5.69 Å². The summed E-state index contributed by atoms with van der Waals surface area (Å²) in [4.78, 5) is 39.8. The lowest BCUT2D eigenvalue weighted by molar-refractivity contribution is -0.140. The fourth-order valence-electron chi connectivity index (χ4n) is 3.52. The second-order valence-corrected chi connectivity index (χ2v) is 11.6. The normalized spacial score (nSPS) is 12.5. The zero-order chi connectivity index (χ0) is 26.6. The summed E-state index contributed by atoms with van der Waals surface area (Å²) in [5.41, 5.74) is 1.83. The number of carbonyl (C=O) groups excluding carboxylic acids is 3. The number of carbonyl (C=O) groups is 3. The Balaban J connectivity index is 2.46. The van der Waals surface area contributed by atoms with E-state index in [1.807, 2.05) is 52.0 Å². The minimum Gasteiger partial charge on any atom is -0.350 e. The lowest BCUT2D eigenvalue weighted by atomic mass is 10.1. The number of aryl methyl sites for hydroxylation is 1. The summed E-state index contributed by atoms with van der Waals surface area (Å²) in [5, 5.41) is 2.89. The van der Waals surface area contributed by atoms with Crippen molar-refractivity contribution in [2.24, 2.45) is 0 Å². The van der Waals surface area contributed by atoms with Gasteiger partial charge in [-0.3, -0.25) is 18.7 Å². The van der Waals surface area contributed by atoms with Crippen molar-refractivity contribution in [1.82, 2.24) is 10.2 Å². The molecule has 0 aliphatic carbocycles. The molecule has 35 heavy (non-hydrogen) atoms. The molecule has 2 aromatic rings. The Kier molecular flexibility index (Phi) is 8.84. The average molecular weight is 502 g/mol. The van der Waals surface area contributed by atoms with Gasteiger partial charge in [-0.1, -0.05) is 36.4 Å². The molecule has 0 bridgehead atoms. The summed E-state index contributed by atoms with van der Waals surface area (Å²) in [6.45, 7) is 10.1. The summed E-state index contributed by atoms with van der Waals surface area (Å²) in [6, 6.07) is 12.8. The number of nitrogens with one attached hydrogen (secondary N) is 1. The van der Waals surface area contributed by atoms with E-state index in [2.05, 4.69) is 5.32 Å². The maximum atomic E-state index is 13.6. The molecule has 0 saturated carbocycles. The molecule has 0 radical (unpaired) electrons. The van der Waals surface area contributed by atoms with E-state index in [9.17, 15) is 22.8 Å². The lowest BCUT2D eigenvalue weighted by Gasteiger charge is -2.33. The van der Waals surface area contributed by atoms with Crippen LogP contribution in [0.15, 0.2) is 48.5 Å². The van der Waals surface area contributed by atoms with Crippen LogP contribution < -0.4 is 9.62 Å². The van der Waals surface area contributed by atoms with Crippen LogP contribution in [0.5, 0.6) is 0 Å². The topological polar surface area (TPSA) is 104 Å². The number of Topliss-reactive ketones (excluding diaryl/α,β-unsaturated/α-hetero) is 1. The second kappa shape index (κ2) is 11.0. The van der Waals surface area contributed by atoms with E-state index in [4.69, 9.17) is 0 Å². The highest BCUT2D eigenvalue weighted by Gasteiger charge is 2.31. The fourth-order valence-corrected chi connectivity index (χ4v) is 4.36. The van der Waals surface area contributed by atoms with Gasteiger partial charge in [0.15, 0.2) is 5.78 Å².